The molecular formula is C19H23FN4. The van der Waals surface area contributed by atoms with Gasteiger partial charge in [-0.2, -0.15) is 0 Å². The van der Waals surface area contributed by atoms with Crippen LogP contribution in [0.1, 0.15) is 37.7 Å². The molecule has 1 aromatic carbocycles. The lowest BCUT2D eigenvalue weighted by atomic mass is 9.69. The van der Waals surface area contributed by atoms with Gasteiger partial charge in [0.25, 0.3) is 0 Å². The van der Waals surface area contributed by atoms with Crippen molar-refractivity contribution in [1.29, 1.82) is 0 Å². The summed E-state index contributed by atoms with van der Waals surface area (Å²) in [4.78, 5) is 8.72. The Hall–Kier alpha value is -2.43. The maximum Gasteiger partial charge on any atom is 0.194 e. The van der Waals surface area contributed by atoms with Gasteiger partial charge in [-0.25, -0.2) is 9.37 Å². The molecule has 1 fully saturated rings. The summed E-state index contributed by atoms with van der Waals surface area (Å²) in [6, 6.07) is 12.5. The van der Waals surface area contributed by atoms with Gasteiger partial charge < -0.3 is 11.1 Å². The van der Waals surface area contributed by atoms with E-state index in [0.717, 1.165) is 31.2 Å². The molecule has 4 nitrogen and oxygen atoms in total. The van der Waals surface area contributed by atoms with E-state index in [1.165, 1.54) is 12.5 Å². The van der Waals surface area contributed by atoms with Crippen LogP contribution in [0.15, 0.2) is 53.7 Å². The number of hydrogen-bond acceptors (Lipinski definition) is 2. The summed E-state index contributed by atoms with van der Waals surface area (Å²) < 4.78 is 13.7. The van der Waals surface area contributed by atoms with Gasteiger partial charge in [-0.15, -0.1) is 0 Å². The van der Waals surface area contributed by atoms with Gasteiger partial charge in [0.1, 0.15) is 11.6 Å². The summed E-state index contributed by atoms with van der Waals surface area (Å²) in [6.07, 6.45) is 7.22. The van der Waals surface area contributed by atoms with E-state index in [1.807, 2.05) is 24.3 Å². The van der Waals surface area contributed by atoms with Crippen molar-refractivity contribution in [3.8, 4) is 0 Å². The van der Waals surface area contributed by atoms with Crippen molar-refractivity contribution in [2.75, 3.05) is 11.9 Å². The average Bonchev–Trinajstić information content (AvgIpc) is 2.62. The monoisotopic (exact) mass is 326 g/mol. The van der Waals surface area contributed by atoms with Crippen LogP contribution in [0.2, 0.25) is 0 Å². The van der Waals surface area contributed by atoms with Gasteiger partial charge in [0, 0.05) is 11.6 Å². The first-order valence-electron chi connectivity index (χ1n) is 8.42. The zero-order valence-electron chi connectivity index (χ0n) is 13.7. The van der Waals surface area contributed by atoms with E-state index in [0.29, 0.717) is 18.3 Å². The highest BCUT2D eigenvalue weighted by molar-refractivity contribution is 5.91. The van der Waals surface area contributed by atoms with Crippen LogP contribution < -0.4 is 11.1 Å². The molecule has 0 atom stereocenters. The number of nitrogens with one attached hydrogen (secondary N) is 1. The topological polar surface area (TPSA) is 63.3 Å². The summed E-state index contributed by atoms with van der Waals surface area (Å²) in [5, 5.41) is 3.00. The summed E-state index contributed by atoms with van der Waals surface area (Å²) in [7, 11) is 0. The van der Waals surface area contributed by atoms with E-state index >= 15 is 0 Å². The van der Waals surface area contributed by atoms with Crippen LogP contribution in [-0.4, -0.2) is 17.5 Å². The number of benzene rings is 1. The molecule has 1 aliphatic carbocycles. The van der Waals surface area contributed by atoms with Gasteiger partial charge in [-0.1, -0.05) is 37.5 Å². The van der Waals surface area contributed by atoms with E-state index in [4.69, 9.17) is 5.73 Å². The molecule has 0 aliphatic heterocycles. The Morgan fingerprint density at radius 3 is 2.71 bits per heavy atom. The van der Waals surface area contributed by atoms with Crippen LogP contribution in [0.3, 0.4) is 0 Å². The second-order valence-corrected chi connectivity index (χ2v) is 6.39. The van der Waals surface area contributed by atoms with E-state index < -0.39 is 0 Å². The molecule has 1 heterocycles. The normalized spacial score (nSPS) is 17.5. The minimum Gasteiger partial charge on any atom is -0.370 e. The third-order valence-electron chi connectivity index (χ3n) is 4.72. The van der Waals surface area contributed by atoms with E-state index in [9.17, 15) is 4.39 Å². The lowest BCUT2D eigenvalue weighted by Crippen LogP contribution is -2.34. The van der Waals surface area contributed by atoms with Gasteiger partial charge in [-0.3, -0.25) is 4.99 Å². The largest absolute Gasteiger partial charge is 0.370 e. The first-order chi connectivity index (χ1) is 11.7. The third-order valence-corrected chi connectivity index (χ3v) is 4.72. The van der Waals surface area contributed by atoms with Crippen LogP contribution in [0, 0.1) is 5.82 Å². The number of aliphatic imine (C=N–C) groups is 1. The van der Waals surface area contributed by atoms with Crippen molar-refractivity contribution in [2.24, 2.45) is 10.7 Å². The predicted octanol–water partition coefficient (Wildman–Crippen LogP) is 3.85. The Balaban J connectivity index is 1.78. The molecule has 0 radical (unpaired) electrons. The Kier molecular flexibility index (Phi) is 5.08. The highest BCUT2D eigenvalue weighted by atomic mass is 19.1. The van der Waals surface area contributed by atoms with Crippen LogP contribution in [-0.2, 0) is 5.41 Å². The highest BCUT2D eigenvalue weighted by Gasteiger charge is 2.34. The molecule has 1 saturated carbocycles. The van der Waals surface area contributed by atoms with Crippen molar-refractivity contribution in [2.45, 2.75) is 37.5 Å². The number of aromatic nitrogens is 1. The molecular weight excluding hydrogens is 303 g/mol. The van der Waals surface area contributed by atoms with E-state index in [1.54, 1.807) is 18.3 Å². The van der Waals surface area contributed by atoms with Crippen molar-refractivity contribution >= 4 is 11.8 Å². The molecule has 24 heavy (non-hydrogen) atoms. The average molecular weight is 326 g/mol. The van der Waals surface area contributed by atoms with Gasteiger partial charge in [-0.05, 0) is 42.7 Å². The summed E-state index contributed by atoms with van der Waals surface area (Å²) in [5.74, 6) is 0.818. The number of nitrogens with two attached hydrogens (primary N) is 1. The number of halogens is 1. The molecule has 0 saturated heterocycles. The Labute approximate surface area is 142 Å². The van der Waals surface area contributed by atoms with Crippen molar-refractivity contribution < 1.29 is 4.39 Å². The predicted molar refractivity (Wildman–Crippen MR) is 95.5 cm³/mol. The molecule has 0 unspecified atom stereocenters. The van der Waals surface area contributed by atoms with Crippen LogP contribution >= 0.6 is 0 Å². The number of hydrogen-bond donors (Lipinski definition) is 2. The fourth-order valence-electron chi connectivity index (χ4n) is 3.43. The number of rotatable bonds is 4. The van der Waals surface area contributed by atoms with Crippen molar-refractivity contribution in [3.63, 3.8) is 0 Å². The molecule has 3 rings (SSSR count). The lowest BCUT2D eigenvalue weighted by Gasteiger charge is -2.36. The van der Waals surface area contributed by atoms with Gasteiger partial charge in [0.15, 0.2) is 5.96 Å². The molecule has 3 N–H and O–H groups in total. The highest BCUT2D eigenvalue weighted by Crippen LogP contribution is 2.40. The molecule has 1 aliphatic rings. The molecule has 1 aromatic heterocycles. The maximum absolute atomic E-state index is 13.7. The van der Waals surface area contributed by atoms with Crippen molar-refractivity contribution in [3.05, 3.63) is 60.0 Å². The molecule has 0 amide bonds. The van der Waals surface area contributed by atoms with Crippen LogP contribution in [0.5, 0.6) is 0 Å². The van der Waals surface area contributed by atoms with Crippen LogP contribution in [0.4, 0.5) is 10.2 Å². The fraction of sp³-hybridized carbons (Fsp3) is 0.368. The Morgan fingerprint density at radius 1 is 1.17 bits per heavy atom. The number of anilines is 1. The number of pyridine rings is 1. The first-order valence-corrected chi connectivity index (χ1v) is 8.42. The smallest absolute Gasteiger partial charge is 0.194 e. The quantitative estimate of drug-likeness (QED) is 0.662. The minimum atomic E-state index is -0.194. The maximum atomic E-state index is 13.7. The second kappa shape index (κ2) is 7.43. The Morgan fingerprint density at radius 2 is 2.00 bits per heavy atom. The molecule has 2 aromatic rings. The molecule has 5 heteroatoms. The minimum absolute atomic E-state index is 0.128. The van der Waals surface area contributed by atoms with Crippen LogP contribution in [0.25, 0.3) is 0 Å². The molecule has 126 valence electrons. The summed E-state index contributed by atoms with van der Waals surface area (Å²) in [5.41, 5.74) is 6.91. The van der Waals surface area contributed by atoms with Gasteiger partial charge in [0.05, 0.1) is 6.54 Å². The zero-order chi connectivity index (χ0) is 16.8. The third kappa shape index (κ3) is 3.91. The van der Waals surface area contributed by atoms with Gasteiger partial charge >= 0.3 is 0 Å². The first kappa shape index (κ1) is 16.4. The van der Waals surface area contributed by atoms with Crippen molar-refractivity contribution in [1.82, 2.24) is 4.98 Å². The van der Waals surface area contributed by atoms with E-state index in [2.05, 4.69) is 15.3 Å². The SMILES string of the molecule is NC(=NCC1(c2cccc(F)c2)CCCCC1)Nc1ccccn1. The second-order valence-electron chi connectivity index (χ2n) is 6.39. The molecule has 0 spiro atoms. The fourth-order valence-corrected chi connectivity index (χ4v) is 3.43. The molecule has 0 bridgehead atoms. The van der Waals surface area contributed by atoms with Gasteiger partial charge in [0.2, 0.25) is 0 Å². The number of nitrogens with zero attached hydrogens (tertiary/aromatic N) is 2. The zero-order valence-corrected chi connectivity index (χ0v) is 13.7. The Bertz CT molecular complexity index is 694. The number of guanidine groups is 1. The lowest BCUT2D eigenvalue weighted by molar-refractivity contribution is 0.300. The standard InChI is InChI=1S/C19H23FN4/c20-16-8-6-7-15(13-16)19(10-3-1-4-11-19)14-23-18(21)24-17-9-2-5-12-22-17/h2,5-9,12-13H,1,3-4,10-11,14H2,(H3,21,22,23,24). The summed E-state index contributed by atoms with van der Waals surface area (Å²) >= 11 is 0. The van der Waals surface area contributed by atoms with E-state index in [-0.39, 0.29) is 11.2 Å². The summed E-state index contributed by atoms with van der Waals surface area (Å²) in [6.45, 7) is 0.558.